The number of amides is 1. The van der Waals surface area contributed by atoms with Crippen LogP contribution in [0.15, 0.2) is 17.1 Å². The number of likely N-dealkylation sites (tertiary alicyclic amines) is 1. The Kier molecular flexibility index (Phi) is 7.86. The highest BCUT2D eigenvalue weighted by atomic mass is 16.5. The van der Waals surface area contributed by atoms with E-state index in [2.05, 4.69) is 6.92 Å². The zero-order chi connectivity index (χ0) is 26.2. The van der Waals surface area contributed by atoms with E-state index in [1.165, 1.54) is 19.3 Å². The van der Waals surface area contributed by atoms with E-state index in [0.717, 1.165) is 56.1 Å². The molecule has 0 bridgehead atoms. The smallest absolute Gasteiger partial charge is 0.250 e. The maximum atomic E-state index is 13.4. The fourth-order valence-corrected chi connectivity index (χ4v) is 7.20. The van der Waals surface area contributed by atoms with Gasteiger partial charge in [-0.05, 0) is 75.6 Å². The Bertz CT molecular complexity index is 1020. The van der Waals surface area contributed by atoms with Crippen LogP contribution in [0.4, 0.5) is 0 Å². The summed E-state index contributed by atoms with van der Waals surface area (Å²) in [5.74, 6) is 1.48. The van der Waals surface area contributed by atoms with E-state index in [9.17, 15) is 14.7 Å². The van der Waals surface area contributed by atoms with Crippen LogP contribution in [0.2, 0.25) is 0 Å². The van der Waals surface area contributed by atoms with Gasteiger partial charge in [0, 0.05) is 36.7 Å². The van der Waals surface area contributed by atoms with Crippen LogP contribution >= 0.6 is 0 Å². The maximum absolute atomic E-state index is 13.4. The number of aliphatic hydroxyl groups is 1. The van der Waals surface area contributed by atoms with Crippen LogP contribution in [0, 0.1) is 17.3 Å². The second-order valence-corrected chi connectivity index (χ2v) is 13.0. The van der Waals surface area contributed by atoms with Gasteiger partial charge in [0.05, 0.1) is 25.5 Å². The molecule has 4 aliphatic rings. The summed E-state index contributed by atoms with van der Waals surface area (Å²) in [4.78, 5) is 30.7. The van der Waals surface area contributed by atoms with E-state index in [0.29, 0.717) is 44.7 Å². The summed E-state index contributed by atoms with van der Waals surface area (Å²) >= 11 is 0. The molecule has 1 aliphatic heterocycles. The van der Waals surface area contributed by atoms with E-state index in [1.807, 2.05) is 30.1 Å². The summed E-state index contributed by atoms with van der Waals surface area (Å²) in [6.45, 7) is 4.56. The second-order valence-electron chi connectivity index (χ2n) is 13.0. The molecule has 206 valence electrons. The number of hydrogen-bond donors (Lipinski definition) is 1. The first-order valence-corrected chi connectivity index (χ1v) is 14.7. The molecule has 37 heavy (non-hydrogen) atoms. The first-order chi connectivity index (χ1) is 17.7. The van der Waals surface area contributed by atoms with Crippen LogP contribution in [-0.4, -0.2) is 64.9 Å². The molecule has 0 radical (unpaired) electrons. The van der Waals surface area contributed by atoms with E-state index >= 15 is 0 Å². The molecule has 1 spiro atoms. The highest BCUT2D eigenvalue weighted by Crippen LogP contribution is 2.52. The first kappa shape index (κ1) is 26.9. The molecule has 3 saturated carbocycles. The lowest BCUT2D eigenvalue weighted by Crippen LogP contribution is -2.62. The molecule has 3 aliphatic carbocycles. The fraction of sp³-hybridized carbons (Fsp3) is 0.800. The summed E-state index contributed by atoms with van der Waals surface area (Å²) in [5.41, 5.74) is 0.804. The lowest BCUT2D eigenvalue weighted by molar-refractivity contribution is -0.163. The Hall–Kier alpha value is -1.70. The molecule has 7 heteroatoms. The Labute approximate surface area is 222 Å². The number of rotatable bonds is 10. The van der Waals surface area contributed by atoms with Gasteiger partial charge in [0.15, 0.2) is 0 Å². The molecule has 5 rings (SSSR count). The predicted molar refractivity (Wildman–Crippen MR) is 144 cm³/mol. The van der Waals surface area contributed by atoms with Crippen molar-refractivity contribution in [3.8, 4) is 0 Å². The van der Waals surface area contributed by atoms with Gasteiger partial charge in [-0.3, -0.25) is 14.5 Å². The Morgan fingerprint density at radius 2 is 1.89 bits per heavy atom. The van der Waals surface area contributed by atoms with Crippen molar-refractivity contribution in [3.63, 3.8) is 0 Å². The van der Waals surface area contributed by atoms with Crippen molar-refractivity contribution >= 4 is 5.91 Å². The van der Waals surface area contributed by atoms with Crippen molar-refractivity contribution in [2.45, 2.75) is 102 Å². The molecule has 1 aromatic heterocycles. The summed E-state index contributed by atoms with van der Waals surface area (Å²) in [5, 5.41) is 12.2. The molecular formula is C30H47N3O4. The topological polar surface area (TPSA) is 75.0 Å². The predicted octanol–water partition coefficient (Wildman–Crippen LogP) is 4.11. The highest BCUT2D eigenvalue weighted by Gasteiger charge is 2.55. The second kappa shape index (κ2) is 10.8. The highest BCUT2D eigenvalue weighted by molar-refractivity contribution is 5.78. The molecule has 4 fully saturated rings. The number of aromatic nitrogens is 1. The number of ether oxygens (including phenoxy) is 1. The van der Waals surface area contributed by atoms with Crippen LogP contribution in [0.3, 0.4) is 0 Å². The summed E-state index contributed by atoms with van der Waals surface area (Å²) in [7, 11) is 3.95. The zero-order valence-electron chi connectivity index (χ0n) is 23.2. The Balaban J connectivity index is 1.34. The molecule has 2 heterocycles. The molecule has 0 aromatic carbocycles. The van der Waals surface area contributed by atoms with E-state index in [4.69, 9.17) is 4.74 Å². The average Bonchev–Trinajstić information content (AvgIpc) is 3.57. The Morgan fingerprint density at radius 1 is 1.16 bits per heavy atom. The first-order valence-electron chi connectivity index (χ1n) is 14.7. The van der Waals surface area contributed by atoms with Gasteiger partial charge in [0.25, 0.3) is 5.56 Å². The van der Waals surface area contributed by atoms with Gasteiger partial charge >= 0.3 is 0 Å². The van der Waals surface area contributed by atoms with Gasteiger partial charge in [-0.15, -0.1) is 0 Å². The minimum Gasteiger partial charge on any atom is -0.387 e. The van der Waals surface area contributed by atoms with Crippen LogP contribution in [0.5, 0.6) is 0 Å². The van der Waals surface area contributed by atoms with E-state index in [-0.39, 0.29) is 29.3 Å². The summed E-state index contributed by atoms with van der Waals surface area (Å²) in [6, 6.07) is 1.79. The van der Waals surface area contributed by atoms with Crippen molar-refractivity contribution in [2.24, 2.45) is 17.3 Å². The SMILES string of the molecule is C[C@H](CC1CCC1)C(=O)N1CC[C@@](O)(Cn2cc(COCN(C)C)c(C3CC3)cc2=O)C2(CCCC2)C1. The van der Waals surface area contributed by atoms with Gasteiger partial charge in [0.1, 0.15) is 0 Å². The Morgan fingerprint density at radius 3 is 2.51 bits per heavy atom. The fourth-order valence-electron chi connectivity index (χ4n) is 7.20. The van der Waals surface area contributed by atoms with Crippen molar-refractivity contribution in [3.05, 3.63) is 33.7 Å². The van der Waals surface area contributed by atoms with Crippen molar-refractivity contribution in [2.75, 3.05) is 33.9 Å². The minimum atomic E-state index is -0.996. The summed E-state index contributed by atoms with van der Waals surface area (Å²) in [6.07, 6.45) is 13.5. The lowest BCUT2D eigenvalue weighted by atomic mass is 9.65. The van der Waals surface area contributed by atoms with Gasteiger partial charge in [-0.25, -0.2) is 0 Å². The largest absolute Gasteiger partial charge is 0.387 e. The van der Waals surface area contributed by atoms with Gasteiger partial charge in [0.2, 0.25) is 5.91 Å². The minimum absolute atomic E-state index is 0.0348. The number of nitrogens with zero attached hydrogens (tertiary/aromatic N) is 3. The molecule has 1 aromatic rings. The third kappa shape index (κ3) is 5.69. The molecule has 1 amide bonds. The van der Waals surface area contributed by atoms with Crippen molar-refractivity contribution in [1.29, 1.82) is 0 Å². The zero-order valence-corrected chi connectivity index (χ0v) is 23.2. The van der Waals surface area contributed by atoms with Crippen LogP contribution in [-0.2, 0) is 22.7 Å². The quantitative estimate of drug-likeness (QED) is 0.477. The number of carbonyl (C=O) groups is 1. The lowest BCUT2D eigenvalue weighted by Gasteiger charge is -2.53. The average molecular weight is 514 g/mol. The van der Waals surface area contributed by atoms with Crippen molar-refractivity contribution < 1.29 is 14.6 Å². The number of carbonyl (C=O) groups excluding carboxylic acids is 1. The van der Waals surface area contributed by atoms with Crippen LogP contribution in [0.25, 0.3) is 0 Å². The molecule has 1 N–H and O–H groups in total. The monoisotopic (exact) mass is 513 g/mol. The number of pyridine rings is 1. The molecular weight excluding hydrogens is 466 g/mol. The molecule has 1 saturated heterocycles. The van der Waals surface area contributed by atoms with Gasteiger partial charge < -0.3 is 19.3 Å². The van der Waals surface area contributed by atoms with Crippen LogP contribution in [0.1, 0.15) is 94.6 Å². The summed E-state index contributed by atoms with van der Waals surface area (Å²) < 4.78 is 7.64. The van der Waals surface area contributed by atoms with E-state index in [1.54, 1.807) is 10.6 Å². The molecule has 0 unspecified atom stereocenters. The van der Waals surface area contributed by atoms with E-state index < -0.39 is 5.60 Å². The van der Waals surface area contributed by atoms with Gasteiger partial charge in [-0.1, -0.05) is 39.0 Å². The third-order valence-corrected chi connectivity index (χ3v) is 9.78. The van der Waals surface area contributed by atoms with Gasteiger partial charge in [-0.2, -0.15) is 0 Å². The third-order valence-electron chi connectivity index (χ3n) is 9.78. The molecule has 2 atom stereocenters. The normalized spacial score (nSPS) is 26.6. The number of hydrogen-bond acceptors (Lipinski definition) is 5. The molecule has 7 nitrogen and oxygen atoms in total. The number of piperidine rings is 1. The maximum Gasteiger partial charge on any atom is 0.250 e. The van der Waals surface area contributed by atoms with Crippen LogP contribution < -0.4 is 5.56 Å². The van der Waals surface area contributed by atoms with Crippen molar-refractivity contribution in [1.82, 2.24) is 14.4 Å². The standard InChI is InChI=1S/C30H47N3O4/c1-22(15-23-7-6-8-23)28(35)32-14-13-30(36,29(19-32)11-4-5-12-29)20-33-17-25(18-37-21-31(2)3)26(16-27(33)34)24-9-10-24/h16-17,22-24,36H,4-15,18-21H2,1-3H3/t22-,30-/m1/s1.